The molecule has 1 N–H and O–H groups in total. The van der Waals surface area contributed by atoms with Gasteiger partial charge in [0.25, 0.3) is 0 Å². The van der Waals surface area contributed by atoms with Gasteiger partial charge in [-0.05, 0) is 13.3 Å². The van der Waals surface area contributed by atoms with Crippen LogP contribution in [0.5, 0.6) is 0 Å². The third-order valence-corrected chi connectivity index (χ3v) is 1.77. The Labute approximate surface area is 54.9 Å². The minimum Gasteiger partial charge on any atom is -0.391 e. The van der Waals surface area contributed by atoms with Crippen LogP contribution in [0.4, 0.5) is 0 Å². The van der Waals surface area contributed by atoms with Crippen molar-refractivity contribution in [3.8, 4) is 0 Å². The highest BCUT2D eigenvalue weighted by molar-refractivity contribution is 5.97. The Bertz CT molecular complexity index is 170. The number of carbonyl (C=O) groups excluding carboxylic acids is 1. The maximum atomic E-state index is 10.8. The zero-order valence-electron chi connectivity index (χ0n) is 5.82. The average molecular weight is 125 g/mol. The fourth-order valence-electron chi connectivity index (χ4n) is 1.09. The van der Waals surface area contributed by atoms with Crippen molar-refractivity contribution in [3.63, 3.8) is 0 Å². The number of carbonyl (C=O) groups is 1. The van der Waals surface area contributed by atoms with E-state index in [0.29, 0.717) is 12.2 Å². The van der Waals surface area contributed by atoms with Gasteiger partial charge in [0.15, 0.2) is 5.78 Å². The van der Waals surface area contributed by atoms with Crippen molar-refractivity contribution in [3.05, 3.63) is 11.3 Å². The first-order valence-corrected chi connectivity index (χ1v) is 3.16. The lowest BCUT2D eigenvalue weighted by Gasteiger charge is -1.97. The summed E-state index contributed by atoms with van der Waals surface area (Å²) in [4.78, 5) is 10.8. The van der Waals surface area contributed by atoms with Crippen LogP contribution >= 0.6 is 0 Å². The SMILES string of the molecule is CNC1=C(C)C(=O)CC1. The molecule has 0 aromatic carbocycles. The molecule has 2 heteroatoms. The molecule has 1 aliphatic rings. The van der Waals surface area contributed by atoms with Gasteiger partial charge in [-0.25, -0.2) is 0 Å². The largest absolute Gasteiger partial charge is 0.391 e. The molecule has 0 saturated heterocycles. The van der Waals surface area contributed by atoms with E-state index in [4.69, 9.17) is 0 Å². The van der Waals surface area contributed by atoms with Crippen molar-refractivity contribution in [1.29, 1.82) is 0 Å². The van der Waals surface area contributed by atoms with Gasteiger partial charge in [0.1, 0.15) is 0 Å². The third kappa shape index (κ3) is 0.969. The Morgan fingerprint density at radius 3 is 2.33 bits per heavy atom. The van der Waals surface area contributed by atoms with Crippen LogP contribution in [0.15, 0.2) is 11.3 Å². The van der Waals surface area contributed by atoms with Crippen LogP contribution in [0.2, 0.25) is 0 Å². The van der Waals surface area contributed by atoms with Crippen molar-refractivity contribution < 1.29 is 4.79 Å². The standard InChI is InChI=1S/C7H11NO/c1-5-6(8-2)3-4-7(5)9/h8H,3-4H2,1-2H3. The van der Waals surface area contributed by atoms with Gasteiger partial charge in [0.2, 0.25) is 0 Å². The summed E-state index contributed by atoms with van der Waals surface area (Å²) in [5, 5.41) is 3.00. The highest BCUT2D eigenvalue weighted by Crippen LogP contribution is 2.18. The van der Waals surface area contributed by atoms with E-state index in [0.717, 1.165) is 17.7 Å². The second-order valence-corrected chi connectivity index (χ2v) is 2.28. The molecule has 1 rings (SSSR count). The molecule has 0 bridgehead atoms. The molecule has 0 aromatic heterocycles. The van der Waals surface area contributed by atoms with Crippen LogP contribution in [-0.4, -0.2) is 12.8 Å². The molecule has 0 unspecified atom stereocenters. The van der Waals surface area contributed by atoms with Crippen LogP contribution in [0.25, 0.3) is 0 Å². The first kappa shape index (κ1) is 6.33. The summed E-state index contributed by atoms with van der Waals surface area (Å²) >= 11 is 0. The molecule has 0 aromatic rings. The molecule has 0 radical (unpaired) electrons. The molecule has 0 spiro atoms. The first-order valence-electron chi connectivity index (χ1n) is 3.16. The number of rotatable bonds is 1. The molecule has 9 heavy (non-hydrogen) atoms. The topological polar surface area (TPSA) is 29.1 Å². The van der Waals surface area contributed by atoms with E-state index < -0.39 is 0 Å². The number of allylic oxidation sites excluding steroid dienone is 2. The maximum absolute atomic E-state index is 10.8. The minimum absolute atomic E-state index is 0.291. The molecule has 0 fully saturated rings. The number of nitrogens with one attached hydrogen (secondary N) is 1. The molecular formula is C7H11NO. The molecule has 2 nitrogen and oxygen atoms in total. The number of hydrogen-bond acceptors (Lipinski definition) is 2. The molecule has 0 amide bonds. The van der Waals surface area contributed by atoms with Gasteiger partial charge in [0, 0.05) is 24.7 Å². The van der Waals surface area contributed by atoms with E-state index in [2.05, 4.69) is 5.32 Å². The maximum Gasteiger partial charge on any atom is 0.160 e. The molecule has 0 saturated carbocycles. The summed E-state index contributed by atoms with van der Waals surface area (Å²) in [7, 11) is 1.86. The van der Waals surface area contributed by atoms with Gasteiger partial charge >= 0.3 is 0 Å². The summed E-state index contributed by atoms with van der Waals surface area (Å²) in [5.74, 6) is 0.291. The Balaban J connectivity index is 2.79. The Morgan fingerprint density at radius 1 is 1.44 bits per heavy atom. The lowest BCUT2D eigenvalue weighted by Crippen LogP contribution is -2.04. The quantitative estimate of drug-likeness (QED) is 0.562. The lowest BCUT2D eigenvalue weighted by atomic mass is 10.2. The van der Waals surface area contributed by atoms with Gasteiger partial charge in [-0.1, -0.05) is 0 Å². The van der Waals surface area contributed by atoms with E-state index in [9.17, 15) is 4.79 Å². The number of hydrogen-bond donors (Lipinski definition) is 1. The van der Waals surface area contributed by atoms with Crippen molar-refractivity contribution >= 4 is 5.78 Å². The van der Waals surface area contributed by atoms with Crippen molar-refractivity contribution in [2.75, 3.05) is 7.05 Å². The second-order valence-electron chi connectivity index (χ2n) is 2.28. The molecule has 0 atom stereocenters. The van der Waals surface area contributed by atoms with Crippen LogP contribution in [-0.2, 0) is 4.79 Å². The van der Waals surface area contributed by atoms with Gasteiger partial charge < -0.3 is 5.32 Å². The van der Waals surface area contributed by atoms with E-state index >= 15 is 0 Å². The van der Waals surface area contributed by atoms with Crippen LogP contribution < -0.4 is 5.32 Å². The van der Waals surface area contributed by atoms with Crippen LogP contribution in [0, 0.1) is 0 Å². The van der Waals surface area contributed by atoms with Gasteiger partial charge in [-0.2, -0.15) is 0 Å². The summed E-state index contributed by atoms with van der Waals surface area (Å²) in [6.07, 6.45) is 1.60. The van der Waals surface area contributed by atoms with Crippen molar-refractivity contribution in [2.24, 2.45) is 0 Å². The third-order valence-electron chi connectivity index (χ3n) is 1.77. The first-order chi connectivity index (χ1) is 4.25. The van der Waals surface area contributed by atoms with Gasteiger partial charge in [0.05, 0.1) is 0 Å². The Kier molecular flexibility index (Phi) is 1.56. The van der Waals surface area contributed by atoms with E-state index in [-0.39, 0.29) is 0 Å². The molecular weight excluding hydrogens is 114 g/mol. The monoisotopic (exact) mass is 125 g/mol. The predicted octanol–water partition coefficient (Wildman–Crippen LogP) is 0.843. The second kappa shape index (κ2) is 2.21. The lowest BCUT2D eigenvalue weighted by molar-refractivity contribution is -0.114. The normalized spacial score (nSPS) is 19.1. The fourth-order valence-corrected chi connectivity index (χ4v) is 1.09. The molecule has 0 aliphatic heterocycles. The zero-order valence-corrected chi connectivity index (χ0v) is 5.82. The molecule has 50 valence electrons. The summed E-state index contributed by atoms with van der Waals surface area (Å²) in [6.45, 7) is 1.88. The fraction of sp³-hybridized carbons (Fsp3) is 0.571. The van der Waals surface area contributed by atoms with Crippen LogP contribution in [0.3, 0.4) is 0 Å². The summed E-state index contributed by atoms with van der Waals surface area (Å²) in [6, 6.07) is 0. The van der Waals surface area contributed by atoms with Crippen molar-refractivity contribution in [1.82, 2.24) is 5.32 Å². The number of Topliss-reactive ketones (excluding diaryl/α,β-unsaturated/α-hetero) is 1. The van der Waals surface area contributed by atoms with E-state index in [1.807, 2.05) is 14.0 Å². The predicted molar refractivity (Wildman–Crippen MR) is 36.0 cm³/mol. The summed E-state index contributed by atoms with van der Waals surface area (Å²) < 4.78 is 0. The van der Waals surface area contributed by atoms with Crippen molar-refractivity contribution in [2.45, 2.75) is 19.8 Å². The van der Waals surface area contributed by atoms with E-state index in [1.165, 1.54) is 0 Å². The van der Waals surface area contributed by atoms with Gasteiger partial charge in [-0.15, -0.1) is 0 Å². The summed E-state index contributed by atoms with van der Waals surface area (Å²) in [5.41, 5.74) is 2.03. The molecule has 0 heterocycles. The molecule has 1 aliphatic carbocycles. The minimum atomic E-state index is 0.291. The highest BCUT2D eigenvalue weighted by Gasteiger charge is 2.16. The smallest absolute Gasteiger partial charge is 0.160 e. The Morgan fingerprint density at radius 2 is 2.11 bits per heavy atom. The van der Waals surface area contributed by atoms with E-state index in [1.54, 1.807) is 0 Å². The Hall–Kier alpha value is -0.790. The number of ketones is 1. The van der Waals surface area contributed by atoms with Gasteiger partial charge in [-0.3, -0.25) is 4.79 Å². The average Bonchev–Trinajstić information content (AvgIpc) is 2.15. The van der Waals surface area contributed by atoms with Crippen LogP contribution in [0.1, 0.15) is 19.8 Å². The highest BCUT2D eigenvalue weighted by atomic mass is 16.1. The zero-order chi connectivity index (χ0) is 6.85.